The molecule has 0 fully saturated rings. The first-order chi connectivity index (χ1) is 7.16. The minimum absolute atomic E-state index is 0.459. The molecule has 0 radical (unpaired) electrons. The molecule has 1 aromatic carbocycles. The average molecular weight is 264 g/mol. The third kappa shape index (κ3) is 2.57. The highest BCUT2D eigenvalue weighted by Gasteiger charge is 2.10. The molecule has 0 spiro atoms. The van der Waals surface area contributed by atoms with Crippen molar-refractivity contribution in [3.63, 3.8) is 0 Å². The van der Waals surface area contributed by atoms with Crippen LogP contribution in [-0.2, 0) is 0 Å². The lowest BCUT2D eigenvalue weighted by Gasteiger charge is -2.09. The van der Waals surface area contributed by atoms with Gasteiger partial charge in [0.15, 0.2) is 0 Å². The van der Waals surface area contributed by atoms with Gasteiger partial charge in [0.05, 0.1) is 20.8 Å². The monoisotopic (exact) mass is 262 g/mol. The lowest BCUT2D eigenvalue weighted by Crippen LogP contribution is -2.08. The van der Waals surface area contributed by atoms with Gasteiger partial charge in [0, 0.05) is 13.0 Å². The molecule has 0 aromatic heterocycles. The smallest absolute Gasteiger partial charge is 0.101 e. The number of aliphatic imine (C=N–C) groups is 1. The van der Waals surface area contributed by atoms with E-state index >= 15 is 0 Å². The Bertz CT molecular complexity index is 415. The minimum atomic E-state index is 0.459. The molecule has 0 unspecified atom stereocenters. The van der Waals surface area contributed by atoms with E-state index in [4.69, 9.17) is 34.8 Å². The summed E-state index contributed by atoms with van der Waals surface area (Å²) in [6, 6.07) is 3.34. The van der Waals surface area contributed by atoms with Gasteiger partial charge in [-0.05, 0) is 18.6 Å². The normalized spacial score (nSPS) is 15.3. The summed E-state index contributed by atoms with van der Waals surface area (Å²) in [7, 11) is 0. The van der Waals surface area contributed by atoms with E-state index in [0.717, 1.165) is 30.9 Å². The summed E-state index contributed by atoms with van der Waals surface area (Å²) < 4.78 is 0. The van der Waals surface area contributed by atoms with Crippen molar-refractivity contribution >= 4 is 46.3 Å². The molecule has 0 atom stereocenters. The summed E-state index contributed by atoms with van der Waals surface area (Å²) in [5, 5.41) is 4.65. The van der Waals surface area contributed by atoms with E-state index in [1.165, 1.54) is 0 Å². The van der Waals surface area contributed by atoms with Gasteiger partial charge in [0.2, 0.25) is 0 Å². The lowest BCUT2D eigenvalue weighted by atomic mass is 10.3. The zero-order chi connectivity index (χ0) is 10.8. The molecule has 15 heavy (non-hydrogen) atoms. The van der Waals surface area contributed by atoms with Gasteiger partial charge in [0.1, 0.15) is 5.84 Å². The maximum Gasteiger partial charge on any atom is 0.101 e. The van der Waals surface area contributed by atoms with Gasteiger partial charge < -0.3 is 5.32 Å². The molecule has 1 N–H and O–H groups in total. The second-order valence-corrected chi connectivity index (χ2v) is 4.52. The van der Waals surface area contributed by atoms with Gasteiger partial charge in [-0.2, -0.15) is 0 Å². The van der Waals surface area contributed by atoms with E-state index < -0.39 is 0 Å². The molecule has 1 aromatic rings. The molecule has 2 nitrogen and oxygen atoms in total. The number of nitrogens with zero attached hydrogens (tertiary/aromatic N) is 1. The van der Waals surface area contributed by atoms with Crippen molar-refractivity contribution in [2.75, 3.05) is 11.9 Å². The fraction of sp³-hybridized carbons (Fsp3) is 0.300. The molecule has 0 saturated carbocycles. The van der Waals surface area contributed by atoms with Crippen LogP contribution in [0.15, 0.2) is 17.1 Å². The molecule has 1 aliphatic rings. The fourth-order valence-corrected chi connectivity index (χ4v) is 2.01. The minimum Gasteiger partial charge on any atom is -0.343 e. The van der Waals surface area contributed by atoms with Crippen LogP contribution in [-0.4, -0.2) is 12.4 Å². The molecule has 2 rings (SSSR count). The van der Waals surface area contributed by atoms with Gasteiger partial charge >= 0.3 is 0 Å². The van der Waals surface area contributed by atoms with E-state index in [0.29, 0.717) is 15.1 Å². The van der Waals surface area contributed by atoms with E-state index in [9.17, 15) is 0 Å². The molecule has 5 heteroatoms. The van der Waals surface area contributed by atoms with Gasteiger partial charge in [-0.25, -0.2) is 0 Å². The van der Waals surface area contributed by atoms with Crippen LogP contribution < -0.4 is 5.32 Å². The summed E-state index contributed by atoms with van der Waals surface area (Å²) in [5.41, 5.74) is 0.756. The molecule has 0 amide bonds. The first-order valence-corrected chi connectivity index (χ1v) is 5.75. The van der Waals surface area contributed by atoms with Gasteiger partial charge in [-0.3, -0.25) is 4.99 Å². The predicted molar refractivity (Wildman–Crippen MR) is 66.6 cm³/mol. The van der Waals surface area contributed by atoms with E-state index in [2.05, 4.69) is 10.3 Å². The topological polar surface area (TPSA) is 24.4 Å². The van der Waals surface area contributed by atoms with Crippen LogP contribution in [0.5, 0.6) is 0 Å². The number of benzene rings is 1. The highest BCUT2D eigenvalue weighted by molar-refractivity contribution is 6.44. The summed E-state index contributed by atoms with van der Waals surface area (Å²) in [6.45, 7) is 0.876. The van der Waals surface area contributed by atoms with E-state index in [1.807, 2.05) is 0 Å². The number of amidine groups is 1. The number of hydrogen-bond acceptors (Lipinski definition) is 2. The second kappa shape index (κ2) is 4.60. The van der Waals surface area contributed by atoms with E-state index in [-0.39, 0.29) is 0 Å². The highest BCUT2D eigenvalue weighted by Crippen LogP contribution is 2.32. The Morgan fingerprint density at radius 3 is 2.47 bits per heavy atom. The van der Waals surface area contributed by atoms with Crippen LogP contribution in [0.25, 0.3) is 0 Å². The van der Waals surface area contributed by atoms with Crippen LogP contribution in [0, 0.1) is 0 Å². The lowest BCUT2D eigenvalue weighted by molar-refractivity contribution is 0.951. The molecule has 1 aliphatic heterocycles. The highest BCUT2D eigenvalue weighted by atomic mass is 35.5. The molecule has 0 aliphatic carbocycles. The van der Waals surface area contributed by atoms with Crippen LogP contribution in [0.4, 0.5) is 5.69 Å². The summed E-state index contributed by atoms with van der Waals surface area (Å²) in [5.74, 6) is 0.954. The number of hydrogen-bond donors (Lipinski definition) is 1. The van der Waals surface area contributed by atoms with Crippen molar-refractivity contribution in [2.45, 2.75) is 12.8 Å². The number of anilines is 1. The number of nitrogens with one attached hydrogen (secondary N) is 1. The van der Waals surface area contributed by atoms with Crippen molar-refractivity contribution in [1.29, 1.82) is 0 Å². The Morgan fingerprint density at radius 2 is 1.80 bits per heavy atom. The Kier molecular flexibility index (Phi) is 3.39. The van der Waals surface area contributed by atoms with Crippen LogP contribution in [0.2, 0.25) is 15.1 Å². The number of halogens is 3. The Balaban J connectivity index is 2.24. The van der Waals surface area contributed by atoms with Crippen molar-refractivity contribution in [2.24, 2.45) is 4.99 Å². The quantitative estimate of drug-likeness (QED) is 0.753. The molecular formula is C10H9Cl3N2. The largest absolute Gasteiger partial charge is 0.343 e. The number of rotatable bonds is 1. The van der Waals surface area contributed by atoms with E-state index in [1.54, 1.807) is 12.1 Å². The Hall–Kier alpha value is -0.440. The summed E-state index contributed by atoms with van der Waals surface area (Å²) >= 11 is 17.7. The average Bonchev–Trinajstić information content (AvgIpc) is 2.67. The third-order valence-corrected chi connectivity index (χ3v) is 3.20. The summed E-state index contributed by atoms with van der Waals surface area (Å²) in [6.07, 6.45) is 2.04. The first-order valence-electron chi connectivity index (χ1n) is 4.62. The Labute approximate surface area is 103 Å². The standard InChI is InChI=1S/C10H9Cl3N2/c11-6-4-8(13)9(5-7(6)12)15-10-2-1-3-14-10/h4-5H,1-3H2,(H,14,15). The Morgan fingerprint density at radius 1 is 1.07 bits per heavy atom. The van der Waals surface area contributed by atoms with Crippen LogP contribution >= 0.6 is 34.8 Å². The van der Waals surface area contributed by atoms with Gasteiger partial charge in [-0.15, -0.1) is 0 Å². The zero-order valence-corrected chi connectivity index (χ0v) is 10.1. The first kappa shape index (κ1) is 11.1. The predicted octanol–water partition coefficient (Wildman–Crippen LogP) is 4.25. The van der Waals surface area contributed by atoms with Crippen molar-refractivity contribution in [3.05, 3.63) is 27.2 Å². The maximum atomic E-state index is 6.02. The maximum absolute atomic E-state index is 6.02. The van der Waals surface area contributed by atoms with Crippen LogP contribution in [0.1, 0.15) is 12.8 Å². The zero-order valence-electron chi connectivity index (χ0n) is 7.86. The van der Waals surface area contributed by atoms with Gasteiger partial charge in [-0.1, -0.05) is 34.8 Å². The SMILES string of the molecule is Clc1cc(Cl)c(NC2=NCCC2)cc1Cl. The molecule has 0 saturated heterocycles. The van der Waals surface area contributed by atoms with Crippen molar-refractivity contribution < 1.29 is 0 Å². The molecular weight excluding hydrogens is 254 g/mol. The molecule has 80 valence electrons. The molecule has 0 bridgehead atoms. The van der Waals surface area contributed by atoms with Gasteiger partial charge in [0.25, 0.3) is 0 Å². The van der Waals surface area contributed by atoms with Crippen molar-refractivity contribution in [3.8, 4) is 0 Å². The fourth-order valence-electron chi connectivity index (χ4n) is 1.42. The summed E-state index contributed by atoms with van der Waals surface area (Å²) in [4.78, 5) is 4.30. The second-order valence-electron chi connectivity index (χ2n) is 3.30. The third-order valence-electron chi connectivity index (χ3n) is 2.16. The van der Waals surface area contributed by atoms with Crippen molar-refractivity contribution in [1.82, 2.24) is 0 Å². The van der Waals surface area contributed by atoms with Crippen LogP contribution in [0.3, 0.4) is 0 Å². The molecule has 1 heterocycles.